The van der Waals surface area contributed by atoms with E-state index >= 15 is 0 Å². The molecule has 0 saturated carbocycles. The molecule has 4 aliphatic rings. The molecular formula is C45H61F3N10O14S2. The van der Waals surface area contributed by atoms with E-state index < -0.39 is 47.7 Å². The van der Waals surface area contributed by atoms with Crippen molar-refractivity contribution in [2.45, 2.75) is 106 Å². The molecule has 2 aromatic carbocycles. The molecule has 0 aliphatic carbocycles. The van der Waals surface area contributed by atoms with Gasteiger partial charge in [0.1, 0.15) is 11.5 Å². The minimum Gasteiger partial charge on any atom is -0.497 e. The standard InChI is InChI=1S/C23H32N4O7S.C22H29F3N6O7S/c1-32-19-7-5-18(6-8-19)21-24-20(34-26-21)4-2-3-17-9-13-27(14-10-17)35(30,31)23(22(28)25-29)11-15-33-16-12-23;23-22(24,25)38-18-4-2-16(3-5-18)19-26-29-31(27-19)10-1-13-37-17-6-11-30(12-7-17)39(34,35)21(20(32)28-33)8-14-36-15-9-21/h5-8,17,29H,2-4,9-16H2,1H3,(H,25,28);2-5,17,33H,1,6-15H2,(H,28,32). The van der Waals surface area contributed by atoms with Crippen LogP contribution in [-0.2, 0) is 56.8 Å². The molecule has 4 aromatic rings. The highest BCUT2D eigenvalue weighted by Crippen LogP contribution is 2.37. The second kappa shape index (κ2) is 25.0. The molecule has 6 heterocycles. The number of hydroxylamine groups is 2. The summed E-state index contributed by atoms with van der Waals surface area (Å²) < 4.78 is 120. The quantitative estimate of drug-likeness (QED) is 0.0592. The maximum Gasteiger partial charge on any atom is 0.573 e. The van der Waals surface area contributed by atoms with Gasteiger partial charge in [0.15, 0.2) is 9.49 Å². The van der Waals surface area contributed by atoms with Gasteiger partial charge in [0.2, 0.25) is 37.6 Å². The zero-order valence-corrected chi connectivity index (χ0v) is 42.3. The van der Waals surface area contributed by atoms with E-state index in [0.29, 0.717) is 88.0 Å². The Bertz CT molecular complexity index is 2670. The van der Waals surface area contributed by atoms with Gasteiger partial charge >= 0.3 is 6.36 Å². The molecule has 2 amide bonds. The van der Waals surface area contributed by atoms with Gasteiger partial charge in [0, 0.05) is 102 Å². The molecular weight excluding hydrogens is 1030 g/mol. The number of amides is 2. The number of carbonyl (C=O) groups is 2. The van der Waals surface area contributed by atoms with E-state index in [-0.39, 0.29) is 82.9 Å². The molecule has 2 aromatic heterocycles. The van der Waals surface area contributed by atoms with Crippen molar-refractivity contribution in [2.24, 2.45) is 5.92 Å². The number of nitrogens with one attached hydrogen (secondary N) is 2. The number of carbonyl (C=O) groups excluding carboxylic acids is 2. The first-order valence-corrected chi connectivity index (χ1v) is 27.1. The van der Waals surface area contributed by atoms with Crippen LogP contribution in [0.2, 0.25) is 0 Å². The van der Waals surface area contributed by atoms with Gasteiger partial charge in [-0.25, -0.2) is 36.4 Å². The van der Waals surface area contributed by atoms with Gasteiger partial charge in [0.25, 0.3) is 11.8 Å². The smallest absolute Gasteiger partial charge is 0.497 e. The third kappa shape index (κ3) is 13.3. The first-order chi connectivity index (χ1) is 35.4. The molecule has 4 aliphatic heterocycles. The van der Waals surface area contributed by atoms with Crippen LogP contribution in [0.4, 0.5) is 13.2 Å². The number of aryl methyl sites for hydroxylation is 2. The Hall–Kier alpha value is -5.40. The summed E-state index contributed by atoms with van der Waals surface area (Å²) in [7, 11) is -6.35. The third-order valence-corrected chi connectivity index (χ3v) is 19.0. The van der Waals surface area contributed by atoms with E-state index in [4.69, 9.17) is 28.7 Å². The average molecular weight is 1090 g/mol. The topological polar surface area (TPSA) is 302 Å². The fraction of sp³-hybridized carbons (Fsp3) is 0.622. The van der Waals surface area contributed by atoms with Gasteiger partial charge in [-0.1, -0.05) is 5.16 Å². The number of halogens is 3. The summed E-state index contributed by atoms with van der Waals surface area (Å²) in [5, 5.41) is 34.5. The number of alkyl halides is 3. The number of nitrogens with zero attached hydrogens (tertiary/aromatic N) is 8. The zero-order chi connectivity index (χ0) is 53.0. The summed E-state index contributed by atoms with van der Waals surface area (Å²) in [6.45, 7) is 2.40. The zero-order valence-electron chi connectivity index (χ0n) is 40.7. The molecule has 74 heavy (non-hydrogen) atoms. The largest absolute Gasteiger partial charge is 0.573 e. The Balaban J connectivity index is 0.000000217. The monoisotopic (exact) mass is 1090 g/mol. The maximum atomic E-state index is 13.4. The molecule has 0 unspecified atom stereocenters. The maximum absolute atomic E-state index is 13.4. The highest BCUT2D eigenvalue weighted by atomic mass is 32.2. The van der Waals surface area contributed by atoms with Gasteiger partial charge in [0.05, 0.1) is 19.8 Å². The first-order valence-electron chi connectivity index (χ1n) is 24.2. The number of sulfonamides is 2. The Morgan fingerprint density at radius 1 is 0.757 bits per heavy atom. The normalized spacial score (nSPS) is 19.2. The van der Waals surface area contributed by atoms with E-state index in [1.807, 2.05) is 24.3 Å². The molecule has 0 radical (unpaired) electrons. The lowest BCUT2D eigenvalue weighted by Crippen LogP contribution is -2.60. The number of aromatic nitrogens is 6. The number of methoxy groups -OCH3 is 1. The predicted octanol–water partition coefficient (Wildman–Crippen LogP) is 3.66. The van der Waals surface area contributed by atoms with E-state index in [0.717, 1.165) is 24.2 Å². The van der Waals surface area contributed by atoms with Gasteiger partial charge in [-0.05, 0) is 105 Å². The van der Waals surface area contributed by atoms with Crippen LogP contribution in [0.1, 0.15) is 76.5 Å². The molecule has 4 saturated heterocycles. The van der Waals surface area contributed by atoms with Crippen molar-refractivity contribution in [3.63, 3.8) is 0 Å². The summed E-state index contributed by atoms with van der Waals surface area (Å²) in [5.74, 6) is 0.331. The van der Waals surface area contributed by atoms with Crippen molar-refractivity contribution in [3.05, 3.63) is 54.4 Å². The molecule has 8 rings (SSSR count). The van der Waals surface area contributed by atoms with Gasteiger partial charge in [-0.15, -0.1) is 23.4 Å². The van der Waals surface area contributed by atoms with Crippen molar-refractivity contribution in [1.82, 2.24) is 49.9 Å². The Kier molecular flexibility index (Phi) is 19.0. The Morgan fingerprint density at radius 2 is 1.27 bits per heavy atom. The van der Waals surface area contributed by atoms with Crippen LogP contribution >= 0.6 is 0 Å². The molecule has 0 spiro atoms. The lowest BCUT2D eigenvalue weighted by Gasteiger charge is -2.40. The van der Waals surface area contributed by atoms with Gasteiger partial charge in [-0.3, -0.25) is 20.0 Å². The average Bonchev–Trinajstić information content (AvgIpc) is 4.10. The van der Waals surface area contributed by atoms with Crippen molar-refractivity contribution in [2.75, 3.05) is 66.3 Å². The van der Waals surface area contributed by atoms with E-state index in [1.165, 1.54) is 43.2 Å². The van der Waals surface area contributed by atoms with Crippen molar-refractivity contribution >= 4 is 31.9 Å². The van der Waals surface area contributed by atoms with Gasteiger partial charge < -0.3 is 28.2 Å². The Labute approximate surface area is 425 Å². The van der Waals surface area contributed by atoms with Gasteiger partial charge in [-0.2, -0.15) is 9.78 Å². The SMILES string of the molecule is COc1ccc(-c2noc(CCCC3CCN(S(=O)(=O)C4(C(=O)NO)CCOCC4)CC3)n2)cc1.O=C(NO)C1(S(=O)(=O)N2CCC(OCCCn3nnc(-c4ccc(OC(F)(F)F)cc4)n3)CC2)CCOCC1. The molecule has 24 nitrogen and oxygen atoms in total. The fourth-order valence-corrected chi connectivity index (χ4v) is 13.7. The molecule has 29 heteroatoms. The number of hydrogen-bond acceptors (Lipinski definition) is 19. The summed E-state index contributed by atoms with van der Waals surface area (Å²) >= 11 is 0. The molecule has 0 atom stereocenters. The van der Waals surface area contributed by atoms with Crippen LogP contribution in [-0.4, -0.2) is 166 Å². The summed E-state index contributed by atoms with van der Waals surface area (Å²) in [4.78, 5) is 30.6. The minimum atomic E-state index is -4.77. The number of piperidine rings is 2. The fourth-order valence-electron chi connectivity index (χ4n) is 9.45. The summed E-state index contributed by atoms with van der Waals surface area (Å²) in [5.41, 5.74) is 4.41. The minimum absolute atomic E-state index is 0.0321. The van der Waals surface area contributed by atoms with Crippen LogP contribution in [0.3, 0.4) is 0 Å². The van der Waals surface area contributed by atoms with Crippen LogP contribution in [0.15, 0.2) is 53.1 Å². The predicted molar refractivity (Wildman–Crippen MR) is 252 cm³/mol. The highest BCUT2D eigenvalue weighted by Gasteiger charge is 2.56. The van der Waals surface area contributed by atoms with E-state index in [1.54, 1.807) is 12.6 Å². The molecule has 0 bridgehead atoms. The third-order valence-electron chi connectivity index (χ3n) is 13.7. The lowest BCUT2D eigenvalue weighted by atomic mass is 9.92. The molecule has 4 fully saturated rings. The number of benzene rings is 2. The van der Waals surface area contributed by atoms with Crippen LogP contribution in [0, 0.1) is 5.92 Å². The summed E-state index contributed by atoms with van der Waals surface area (Å²) in [6.07, 6.45) is 0.376. The van der Waals surface area contributed by atoms with Crippen molar-refractivity contribution in [3.8, 4) is 34.3 Å². The number of hydrogen-bond donors (Lipinski definition) is 4. The second-order valence-corrected chi connectivity index (χ2v) is 22.7. The Morgan fingerprint density at radius 3 is 1.78 bits per heavy atom. The highest BCUT2D eigenvalue weighted by molar-refractivity contribution is 7.91. The van der Waals surface area contributed by atoms with Crippen molar-refractivity contribution < 1.29 is 78.2 Å². The lowest BCUT2D eigenvalue weighted by molar-refractivity contribution is -0.274. The number of rotatable bonds is 19. The van der Waals surface area contributed by atoms with Crippen LogP contribution in [0.25, 0.3) is 22.8 Å². The summed E-state index contributed by atoms with van der Waals surface area (Å²) in [6, 6.07) is 12.6. The van der Waals surface area contributed by atoms with Crippen molar-refractivity contribution in [1.29, 1.82) is 0 Å². The van der Waals surface area contributed by atoms with E-state index in [2.05, 4.69) is 30.3 Å². The number of tetrazole rings is 1. The van der Waals surface area contributed by atoms with Crippen LogP contribution < -0.4 is 20.4 Å². The first kappa shape index (κ1) is 56.3. The van der Waals surface area contributed by atoms with Crippen LogP contribution in [0.5, 0.6) is 11.5 Å². The number of ether oxygens (including phenoxy) is 5. The molecule has 408 valence electrons. The second-order valence-electron chi connectivity index (χ2n) is 18.2. The van der Waals surface area contributed by atoms with E-state index in [9.17, 15) is 44.8 Å². The molecule has 4 N–H and O–H groups in total.